The summed E-state index contributed by atoms with van der Waals surface area (Å²) < 4.78 is 0. The van der Waals surface area contributed by atoms with Crippen molar-refractivity contribution in [2.45, 2.75) is 71.3 Å². The van der Waals surface area contributed by atoms with Crippen LogP contribution in [0.5, 0.6) is 0 Å². The zero-order valence-corrected chi connectivity index (χ0v) is 15.1. The first-order chi connectivity index (χ1) is 10.2. The van der Waals surface area contributed by atoms with Crippen LogP contribution in [0.4, 0.5) is 0 Å². The van der Waals surface area contributed by atoms with E-state index in [1.54, 1.807) is 0 Å². The normalized spacial score (nSPS) is 12.6. The molecule has 1 heterocycles. The van der Waals surface area contributed by atoms with Crippen molar-refractivity contribution in [3.63, 3.8) is 0 Å². The van der Waals surface area contributed by atoms with E-state index in [1.807, 2.05) is 11.8 Å². The molecule has 1 aromatic rings. The predicted molar refractivity (Wildman–Crippen MR) is 94.1 cm³/mol. The second kappa shape index (κ2) is 10.2. The fraction of sp³-hybridized carbons (Fsp3) is 0.765. The second-order valence-electron chi connectivity index (χ2n) is 5.35. The summed E-state index contributed by atoms with van der Waals surface area (Å²) in [4.78, 5) is 9.65. The SMILES string of the molecule is CCNCCc1c(CC)nc(CSC(C)CC)nc1CC. The first-order valence-corrected chi connectivity index (χ1v) is 9.40. The summed E-state index contributed by atoms with van der Waals surface area (Å²) in [6.45, 7) is 13.1. The first kappa shape index (κ1) is 18.4. The van der Waals surface area contributed by atoms with Crippen molar-refractivity contribution in [2.24, 2.45) is 0 Å². The number of aromatic nitrogens is 2. The lowest BCUT2D eigenvalue weighted by atomic mass is 10.0. The highest BCUT2D eigenvalue weighted by atomic mass is 32.2. The van der Waals surface area contributed by atoms with Crippen molar-refractivity contribution in [2.75, 3.05) is 13.1 Å². The molecule has 1 aromatic heterocycles. The molecular formula is C17H31N3S. The molecule has 1 atom stereocenters. The minimum Gasteiger partial charge on any atom is -0.317 e. The third kappa shape index (κ3) is 5.95. The Labute approximate surface area is 134 Å². The van der Waals surface area contributed by atoms with Crippen LogP contribution in [0.1, 0.15) is 63.8 Å². The van der Waals surface area contributed by atoms with Gasteiger partial charge in [-0.1, -0.05) is 34.6 Å². The van der Waals surface area contributed by atoms with Crippen LogP contribution in [0.3, 0.4) is 0 Å². The summed E-state index contributed by atoms with van der Waals surface area (Å²) in [5.74, 6) is 1.95. The molecule has 0 amide bonds. The monoisotopic (exact) mass is 309 g/mol. The topological polar surface area (TPSA) is 37.8 Å². The van der Waals surface area contributed by atoms with Gasteiger partial charge in [-0.25, -0.2) is 9.97 Å². The Kier molecular flexibility index (Phi) is 8.93. The Morgan fingerprint density at radius 3 is 2.14 bits per heavy atom. The van der Waals surface area contributed by atoms with Crippen molar-refractivity contribution >= 4 is 11.8 Å². The highest BCUT2D eigenvalue weighted by Gasteiger charge is 2.12. The highest BCUT2D eigenvalue weighted by Crippen LogP contribution is 2.20. The quantitative estimate of drug-likeness (QED) is 0.667. The largest absolute Gasteiger partial charge is 0.317 e. The molecule has 0 bridgehead atoms. The van der Waals surface area contributed by atoms with Crippen LogP contribution < -0.4 is 5.32 Å². The molecule has 0 fully saturated rings. The van der Waals surface area contributed by atoms with Crippen molar-refractivity contribution < 1.29 is 0 Å². The van der Waals surface area contributed by atoms with Gasteiger partial charge in [0.25, 0.3) is 0 Å². The van der Waals surface area contributed by atoms with E-state index in [2.05, 4.69) is 39.9 Å². The fourth-order valence-electron chi connectivity index (χ4n) is 2.30. The van der Waals surface area contributed by atoms with E-state index in [4.69, 9.17) is 9.97 Å². The molecule has 0 aromatic carbocycles. The van der Waals surface area contributed by atoms with Crippen LogP contribution in [0.15, 0.2) is 0 Å². The van der Waals surface area contributed by atoms with E-state index >= 15 is 0 Å². The molecule has 0 radical (unpaired) electrons. The Morgan fingerprint density at radius 1 is 1.05 bits per heavy atom. The molecule has 1 unspecified atom stereocenters. The maximum Gasteiger partial charge on any atom is 0.138 e. The van der Waals surface area contributed by atoms with Crippen molar-refractivity contribution in [3.05, 3.63) is 22.8 Å². The number of rotatable bonds is 10. The molecule has 3 nitrogen and oxygen atoms in total. The van der Waals surface area contributed by atoms with Gasteiger partial charge < -0.3 is 5.32 Å². The number of likely N-dealkylation sites (N-methyl/N-ethyl adjacent to an activating group) is 1. The smallest absolute Gasteiger partial charge is 0.138 e. The van der Waals surface area contributed by atoms with Crippen LogP contribution in [-0.2, 0) is 25.0 Å². The van der Waals surface area contributed by atoms with E-state index in [0.717, 1.165) is 43.9 Å². The molecular weight excluding hydrogens is 278 g/mol. The molecule has 1 rings (SSSR count). The average Bonchev–Trinajstić information content (AvgIpc) is 2.52. The summed E-state index contributed by atoms with van der Waals surface area (Å²) in [5.41, 5.74) is 3.87. The van der Waals surface area contributed by atoms with Crippen molar-refractivity contribution in [3.8, 4) is 0 Å². The van der Waals surface area contributed by atoms with E-state index in [-0.39, 0.29) is 0 Å². The predicted octanol–water partition coefficient (Wildman–Crippen LogP) is 3.79. The minimum atomic E-state index is 0.678. The number of thioether (sulfide) groups is 1. The van der Waals surface area contributed by atoms with E-state index in [9.17, 15) is 0 Å². The lowest BCUT2D eigenvalue weighted by Gasteiger charge is -2.15. The van der Waals surface area contributed by atoms with Crippen LogP contribution in [-0.4, -0.2) is 28.3 Å². The van der Waals surface area contributed by atoms with Crippen molar-refractivity contribution in [1.82, 2.24) is 15.3 Å². The summed E-state index contributed by atoms with van der Waals surface area (Å²) in [7, 11) is 0. The summed E-state index contributed by atoms with van der Waals surface area (Å²) in [6.07, 6.45) is 4.24. The zero-order valence-electron chi connectivity index (χ0n) is 14.3. The van der Waals surface area contributed by atoms with Crippen LogP contribution in [0.25, 0.3) is 0 Å². The summed E-state index contributed by atoms with van der Waals surface area (Å²) in [5, 5.41) is 4.08. The van der Waals surface area contributed by atoms with E-state index in [1.165, 1.54) is 23.4 Å². The summed E-state index contributed by atoms with van der Waals surface area (Å²) in [6, 6.07) is 0. The van der Waals surface area contributed by atoms with Gasteiger partial charge in [0.2, 0.25) is 0 Å². The molecule has 0 aliphatic heterocycles. The van der Waals surface area contributed by atoms with Gasteiger partial charge in [0.05, 0.1) is 5.75 Å². The van der Waals surface area contributed by atoms with Gasteiger partial charge in [0.15, 0.2) is 0 Å². The van der Waals surface area contributed by atoms with Gasteiger partial charge in [-0.3, -0.25) is 0 Å². The standard InChI is InChI=1S/C17H31N3S/c1-6-13(5)21-12-17-19-15(7-2)14(10-11-18-9-4)16(8-3)20-17/h13,18H,6-12H2,1-5H3. The molecule has 21 heavy (non-hydrogen) atoms. The Hall–Kier alpha value is -0.610. The molecule has 0 aliphatic rings. The van der Waals surface area contributed by atoms with Crippen LogP contribution in [0.2, 0.25) is 0 Å². The van der Waals surface area contributed by atoms with Gasteiger partial charge in [0.1, 0.15) is 5.82 Å². The molecule has 4 heteroatoms. The molecule has 0 spiro atoms. The van der Waals surface area contributed by atoms with Gasteiger partial charge in [-0.2, -0.15) is 11.8 Å². The fourth-order valence-corrected chi connectivity index (χ4v) is 3.10. The van der Waals surface area contributed by atoms with Crippen LogP contribution in [0, 0.1) is 0 Å². The molecule has 1 N–H and O–H groups in total. The Morgan fingerprint density at radius 2 is 1.67 bits per heavy atom. The van der Waals surface area contributed by atoms with Gasteiger partial charge in [-0.15, -0.1) is 0 Å². The molecule has 0 saturated heterocycles. The number of nitrogens with one attached hydrogen (secondary N) is 1. The molecule has 0 aliphatic carbocycles. The van der Waals surface area contributed by atoms with E-state index < -0.39 is 0 Å². The Bertz CT molecular complexity index is 395. The van der Waals surface area contributed by atoms with Crippen molar-refractivity contribution in [1.29, 1.82) is 0 Å². The number of hydrogen-bond acceptors (Lipinski definition) is 4. The summed E-state index contributed by atoms with van der Waals surface area (Å²) >= 11 is 1.96. The third-order valence-electron chi connectivity index (χ3n) is 3.77. The number of hydrogen-bond donors (Lipinski definition) is 1. The molecule has 120 valence electrons. The average molecular weight is 310 g/mol. The number of nitrogens with zero attached hydrogens (tertiary/aromatic N) is 2. The van der Waals surface area contributed by atoms with Crippen LogP contribution >= 0.6 is 11.8 Å². The van der Waals surface area contributed by atoms with Gasteiger partial charge in [-0.05, 0) is 44.3 Å². The first-order valence-electron chi connectivity index (χ1n) is 8.35. The lowest BCUT2D eigenvalue weighted by molar-refractivity contribution is 0.698. The lowest BCUT2D eigenvalue weighted by Crippen LogP contribution is -2.19. The zero-order chi connectivity index (χ0) is 15.7. The van der Waals surface area contributed by atoms with E-state index in [0.29, 0.717) is 5.25 Å². The third-order valence-corrected chi connectivity index (χ3v) is 5.10. The second-order valence-corrected chi connectivity index (χ2v) is 6.78. The van der Waals surface area contributed by atoms with Gasteiger partial charge in [0, 0.05) is 16.6 Å². The maximum atomic E-state index is 4.83. The molecule has 0 saturated carbocycles. The minimum absolute atomic E-state index is 0.678. The highest BCUT2D eigenvalue weighted by molar-refractivity contribution is 7.99. The Balaban J connectivity index is 2.89. The van der Waals surface area contributed by atoms with Gasteiger partial charge >= 0.3 is 0 Å². The number of aryl methyl sites for hydroxylation is 2. The maximum absolute atomic E-state index is 4.83.